The maximum absolute atomic E-state index is 11.8. The maximum Gasteiger partial charge on any atom is 0.346 e. The van der Waals surface area contributed by atoms with Gasteiger partial charge in [-0.15, -0.1) is 0 Å². The van der Waals surface area contributed by atoms with Crippen LogP contribution in [0.1, 0.15) is 13.8 Å². The van der Waals surface area contributed by atoms with E-state index in [0.717, 1.165) is 46.8 Å². The number of H-pyrrole nitrogens is 1. The zero-order valence-corrected chi connectivity index (χ0v) is 15.4. The number of urea groups is 1. The Kier molecular flexibility index (Phi) is 4.45. The molecule has 0 aliphatic carbocycles. The first-order chi connectivity index (χ1) is 13.1. The molecule has 1 aliphatic heterocycles. The van der Waals surface area contributed by atoms with Gasteiger partial charge in [0.05, 0.1) is 23.1 Å². The molecule has 0 spiro atoms. The normalized spacial score (nSPS) is 14.0. The molecule has 0 saturated heterocycles. The second-order valence-electron chi connectivity index (χ2n) is 6.55. The number of amides is 2. The number of likely N-dealkylation sites (N-methyl/N-ethyl adjacent to an activating group) is 1. The van der Waals surface area contributed by atoms with Crippen LogP contribution in [0.4, 0.5) is 10.5 Å². The van der Waals surface area contributed by atoms with E-state index >= 15 is 0 Å². The van der Waals surface area contributed by atoms with E-state index < -0.39 is 0 Å². The highest BCUT2D eigenvalue weighted by molar-refractivity contribution is 6.00. The van der Waals surface area contributed by atoms with Gasteiger partial charge in [0.2, 0.25) is 0 Å². The Bertz CT molecular complexity index is 1230. The zero-order chi connectivity index (χ0) is 19.0. The molecule has 7 heteroatoms. The summed E-state index contributed by atoms with van der Waals surface area (Å²) in [4.78, 5) is 38.0. The number of nitrogens with one attached hydrogen (secondary N) is 2. The molecule has 2 amide bonds. The number of nitrogens with zero attached hydrogens (tertiary/aromatic N) is 3. The van der Waals surface area contributed by atoms with E-state index in [1.54, 1.807) is 12.1 Å². The summed E-state index contributed by atoms with van der Waals surface area (Å²) < 4.78 is 0. The predicted octanol–water partition coefficient (Wildman–Crippen LogP) is 1.81. The van der Waals surface area contributed by atoms with Crippen LogP contribution in [-0.4, -0.2) is 42.1 Å². The quantitative estimate of drug-likeness (QED) is 0.678. The lowest BCUT2D eigenvalue weighted by molar-refractivity contribution is 0.260. The standard InChI is InChI=1S/C20H21N5O2/c1-3-25(4-2)8-7-21-16-11-17-19(24-20(27)23-17)14-9-12-5-6-13(26)10-15(12)22-18(14)16/h5-6,9-11,22H,3-4,7-8H2,1-2H3,(H,23,27). The Morgan fingerprint density at radius 3 is 2.70 bits per heavy atom. The van der Waals surface area contributed by atoms with Crippen molar-refractivity contribution in [1.82, 2.24) is 9.88 Å². The number of pyridine rings is 1. The van der Waals surface area contributed by atoms with Crippen LogP contribution in [0.3, 0.4) is 0 Å². The first kappa shape index (κ1) is 17.4. The van der Waals surface area contributed by atoms with Gasteiger partial charge in [-0.3, -0.25) is 9.79 Å². The first-order valence-corrected chi connectivity index (χ1v) is 9.15. The summed E-state index contributed by atoms with van der Waals surface area (Å²) in [6, 6.07) is 8.30. The molecular weight excluding hydrogens is 342 g/mol. The lowest BCUT2D eigenvalue weighted by atomic mass is 10.1. The lowest BCUT2D eigenvalue weighted by Crippen LogP contribution is -2.26. The van der Waals surface area contributed by atoms with Crippen LogP contribution in [0, 0.1) is 0 Å². The Morgan fingerprint density at radius 2 is 1.93 bits per heavy atom. The largest absolute Gasteiger partial charge is 0.353 e. The van der Waals surface area contributed by atoms with Crippen molar-refractivity contribution in [2.24, 2.45) is 9.98 Å². The fraction of sp³-hybridized carbons (Fsp3) is 0.300. The van der Waals surface area contributed by atoms with Gasteiger partial charge >= 0.3 is 6.03 Å². The van der Waals surface area contributed by atoms with E-state index in [1.165, 1.54) is 6.07 Å². The number of aromatic nitrogens is 1. The van der Waals surface area contributed by atoms with Gasteiger partial charge in [-0.05, 0) is 42.7 Å². The molecular formula is C20H21N5O2. The smallest absolute Gasteiger partial charge is 0.346 e. The highest BCUT2D eigenvalue weighted by Crippen LogP contribution is 2.17. The molecule has 0 fully saturated rings. The molecule has 0 unspecified atom stereocenters. The van der Waals surface area contributed by atoms with Crippen LogP contribution in [0.5, 0.6) is 0 Å². The molecule has 2 aromatic carbocycles. The predicted molar refractivity (Wildman–Crippen MR) is 106 cm³/mol. The third kappa shape index (κ3) is 3.21. The third-order valence-corrected chi connectivity index (χ3v) is 4.95. The molecule has 1 aromatic heterocycles. The van der Waals surface area contributed by atoms with Gasteiger partial charge < -0.3 is 15.2 Å². The Morgan fingerprint density at radius 1 is 1.11 bits per heavy atom. The lowest BCUT2D eigenvalue weighted by Gasteiger charge is -2.16. The third-order valence-electron chi connectivity index (χ3n) is 4.95. The van der Waals surface area contributed by atoms with Gasteiger partial charge in [0.15, 0.2) is 5.43 Å². The molecule has 2 N–H and O–H groups in total. The summed E-state index contributed by atoms with van der Waals surface area (Å²) in [5, 5.41) is 5.84. The number of benzene rings is 2. The summed E-state index contributed by atoms with van der Waals surface area (Å²) >= 11 is 0. The number of hydrogen-bond donors (Lipinski definition) is 2. The van der Waals surface area contributed by atoms with Crippen molar-refractivity contribution in [1.29, 1.82) is 0 Å². The molecule has 0 atom stereocenters. The van der Waals surface area contributed by atoms with Gasteiger partial charge in [-0.2, -0.15) is 4.99 Å². The molecule has 3 aromatic rings. The monoisotopic (exact) mass is 363 g/mol. The molecule has 0 bridgehead atoms. The summed E-state index contributed by atoms with van der Waals surface area (Å²) in [6.45, 7) is 7.73. The van der Waals surface area contributed by atoms with Crippen molar-refractivity contribution in [2.45, 2.75) is 13.8 Å². The number of carbonyl (C=O) groups is 1. The van der Waals surface area contributed by atoms with E-state index in [4.69, 9.17) is 4.99 Å². The van der Waals surface area contributed by atoms with Crippen LogP contribution in [-0.2, 0) is 0 Å². The summed E-state index contributed by atoms with van der Waals surface area (Å²) in [5.74, 6) is 0. The van der Waals surface area contributed by atoms with E-state index in [9.17, 15) is 9.59 Å². The van der Waals surface area contributed by atoms with Crippen molar-refractivity contribution in [2.75, 3.05) is 31.5 Å². The molecule has 7 nitrogen and oxygen atoms in total. The first-order valence-electron chi connectivity index (χ1n) is 9.15. The minimum absolute atomic E-state index is 0.0548. The maximum atomic E-state index is 11.8. The number of aromatic amines is 1. The number of carbonyl (C=O) groups excluding carboxylic acids is 1. The van der Waals surface area contributed by atoms with Crippen molar-refractivity contribution in [3.8, 4) is 0 Å². The number of anilines is 1. The highest BCUT2D eigenvalue weighted by Gasteiger charge is 2.16. The number of rotatable bonds is 5. The minimum atomic E-state index is -0.374. The van der Waals surface area contributed by atoms with Crippen LogP contribution in [0.15, 0.2) is 45.1 Å². The Balaban J connectivity index is 1.94. The van der Waals surface area contributed by atoms with Crippen LogP contribution < -0.4 is 21.5 Å². The van der Waals surface area contributed by atoms with Crippen molar-refractivity contribution < 1.29 is 4.79 Å². The van der Waals surface area contributed by atoms with E-state index in [0.29, 0.717) is 17.6 Å². The topological polar surface area (TPSA) is 89.9 Å². The molecule has 1 aliphatic rings. The second kappa shape index (κ2) is 6.92. The van der Waals surface area contributed by atoms with Gasteiger partial charge in [0.1, 0.15) is 5.36 Å². The zero-order valence-electron chi connectivity index (χ0n) is 15.4. The van der Waals surface area contributed by atoms with Gasteiger partial charge in [-0.1, -0.05) is 13.8 Å². The molecule has 0 saturated carbocycles. The Hall–Kier alpha value is -3.06. The highest BCUT2D eigenvalue weighted by atomic mass is 16.2. The average molecular weight is 363 g/mol. The molecule has 4 rings (SSSR count). The molecule has 2 heterocycles. The molecule has 138 valence electrons. The molecule has 0 radical (unpaired) electrons. The number of fused-ring (bicyclic) bond motifs is 4. The van der Waals surface area contributed by atoms with Crippen LogP contribution in [0.2, 0.25) is 0 Å². The fourth-order valence-corrected chi connectivity index (χ4v) is 3.45. The fourth-order valence-electron chi connectivity index (χ4n) is 3.45. The minimum Gasteiger partial charge on any atom is -0.353 e. The van der Waals surface area contributed by atoms with Gasteiger partial charge in [-0.25, -0.2) is 4.79 Å². The Labute approximate surface area is 155 Å². The van der Waals surface area contributed by atoms with Crippen molar-refractivity contribution in [3.63, 3.8) is 0 Å². The molecule has 27 heavy (non-hydrogen) atoms. The van der Waals surface area contributed by atoms with Gasteiger partial charge in [0, 0.05) is 23.5 Å². The SMILES string of the molecule is CCN(CC)CCN=c1cc2c(c3cc4ccc(=O)cc4[nH]c13)=NC(=O)N2. The van der Waals surface area contributed by atoms with E-state index in [1.807, 2.05) is 12.1 Å². The van der Waals surface area contributed by atoms with Crippen molar-refractivity contribution in [3.05, 3.63) is 51.3 Å². The van der Waals surface area contributed by atoms with E-state index in [2.05, 4.69) is 34.0 Å². The van der Waals surface area contributed by atoms with Crippen molar-refractivity contribution >= 4 is 33.5 Å². The summed E-state index contributed by atoms with van der Waals surface area (Å²) in [5.41, 5.74) is 2.14. The van der Waals surface area contributed by atoms with Gasteiger partial charge in [0.25, 0.3) is 0 Å². The van der Waals surface area contributed by atoms with Crippen LogP contribution >= 0.6 is 0 Å². The summed E-state index contributed by atoms with van der Waals surface area (Å²) in [6.07, 6.45) is 0. The number of hydrogen-bond acceptors (Lipinski definition) is 4. The van der Waals surface area contributed by atoms with E-state index in [-0.39, 0.29) is 11.5 Å². The second-order valence-corrected chi connectivity index (χ2v) is 6.55. The summed E-state index contributed by atoms with van der Waals surface area (Å²) in [7, 11) is 0. The van der Waals surface area contributed by atoms with Crippen LogP contribution in [0.25, 0.3) is 21.8 Å². The average Bonchev–Trinajstić information content (AvgIpc) is 3.04.